The van der Waals surface area contributed by atoms with Gasteiger partial charge in [-0.25, -0.2) is 0 Å². The first-order valence-corrected chi connectivity index (χ1v) is 14.1. The van der Waals surface area contributed by atoms with Crippen LogP contribution in [0.1, 0.15) is 27.7 Å². The van der Waals surface area contributed by atoms with E-state index in [4.69, 9.17) is 4.74 Å². The van der Waals surface area contributed by atoms with E-state index in [9.17, 15) is 19.5 Å². The number of rotatable bonds is 11. The molecule has 2 heterocycles. The summed E-state index contributed by atoms with van der Waals surface area (Å²) in [5.41, 5.74) is 1.96. The van der Waals surface area contributed by atoms with Crippen LogP contribution < -0.4 is 5.32 Å². The van der Waals surface area contributed by atoms with Crippen LogP contribution in [0.2, 0.25) is 0 Å². The lowest BCUT2D eigenvalue weighted by molar-refractivity contribution is -0.149. The van der Waals surface area contributed by atoms with Gasteiger partial charge < -0.3 is 14.7 Å². The van der Waals surface area contributed by atoms with Gasteiger partial charge in [-0.1, -0.05) is 66.7 Å². The Hall–Kier alpha value is -3.14. The zero-order chi connectivity index (χ0) is 26.0. The Bertz CT molecular complexity index is 1160. The maximum atomic E-state index is 13.4. The van der Waals surface area contributed by atoms with Crippen molar-refractivity contribution in [1.82, 2.24) is 10.2 Å². The molecule has 1 aliphatic heterocycles. The number of esters is 1. The third-order valence-corrected chi connectivity index (χ3v) is 8.59. The molecule has 2 aromatic carbocycles. The summed E-state index contributed by atoms with van der Waals surface area (Å²) in [6, 6.07) is 21.8. The van der Waals surface area contributed by atoms with Crippen LogP contribution >= 0.6 is 23.1 Å². The molecular weight excluding hydrogens is 508 g/mol. The number of benzene rings is 2. The molecule has 0 aliphatic carbocycles. The van der Waals surface area contributed by atoms with E-state index < -0.39 is 24.0 Å². The molecule has 3 aromatic rings. The molecule has 7 nitrogen and oxygen atoms in total. The van der Waals surface area contributed by atoms with E-state index in [0.717, 1.165) is 16.0 Å². The molecule has 1 saturated heterocycles. The molecule has 1 amide bonds. The largest absolute Gasteiger partial charge is 0.480 e. The molecule has 1 aromatic heterocycles. The minimum atomic E-state index is -1.06. The normalized spacial score (nSPS) is 18.7. The van der Waals surface area contributed by atoms with Crippen LogP contribution in [-0.4, -0.2) is 58.8 Å². The van der Waals surface area contributed by atoms with Gasteiger partial charge in [0.1, 0.15) is 19.2 Å². The first-order chi connectivity index (χ1) is 18.0. The highest BCUT2D eigenvalue weighted by Crippen LogP contribution is 2.35. The molecule has 3 atom stereocenters. The van der Waals surface area contributed by atoms with Crippen LogP contribution in [0, 0.1) is 0 Å². The van der Waals surface area contributed by atoms with Crippen molar-refractivity contribution < 1.29 is 24.2 Å². The highest BCUT2D eigenvalue weighted by Gasteiger charge is 2.36. The Morgan fingerprint density at radius 1 is 1.03 bits per heavy atom. The van der Waals surface area contributed by atoms with Gasteiger partial charge in [-0.15, -0.1) is 23.1 Å². The molecule has 0 spiro atoms. The Labute approximate surface area is 224 Å². The van der Waals surface area contributed by atoms with Crippen molar-refractivity contribution >= 4 is 40.9 Å². The molecule has 9 heteroatoms. The van der Waals surface area contributed by atoms with Gasteiger partial charge in [0.15, 0.2) is 0 Å². The second-order valence-corrected chi connectivity index (χ2v) is 11.1. The number of nitrogens with one attached hydrogen (secondary N) is 1. The van der Waals surface area contributed by atoms with Gasteiger partial charge in [-0.2, -0.15) is 0 Å². The van der Waals surface area contributed by atoms with E-state index in [1.807, 2.05) is 78.2 Å². The third-order valence-electron chi connectivity index (χ3n) is 6.12. The predicted molar refractivity (Wildman–Crippen MR) is 145 cm³/mol. The van der Waals surface area contributed by atoms with E-state index in [0.29, 0.717) is 25.1 Å². The number of thioether (sulfide) groups is 1. The fraction of sp³-hybridized carbons (Fsp3) is 0.321. The summed E-state index contributed by atoms with van der Waals surface area (Å²) in [5, 5.41) is 14.6. The highest BCUT2D eigenvalue weighted by molar-refractivity contribution is 7.99. The summed E-state index contributed by atoms with van der Waals surface area (Å²) in [6.07, 6.45) is 1.07. The summed E-state index contributed by atoms with van der Waals surface area (Å²) < 4.78 is 5.63. The number of nitrogens with zero attached hydrogens (tertiary/aromatic N) is 1. The number of aliphatic carboxylic acids is 1. The van der Waals surface area contributed by atoms with E-state index >= 15 is 0 Å². The maximum Gasteiger partial charge on any atom is 0.323 e. The van der Waals surface area contributed by atoms with Crippen LogP contribution in [0.25, 0.3) is 0 Å². The predicted octanol–water partition coefficient (Wildman–Crippen LogP) is 4.15. The Morgan fingerprint density at radius 3 is 2.38 bits per heavy atom. The number of carboxylic acid groups (broad SMARTS) is 1. The van der Waals surface area contributed by atoms with Crippen molar-refractivity contribution in [2.75, 3.05) is 18.8 Å². The lowest BCUT2D eigenvalue weighted by Crippen LogP contribution is -2.53. The van der Waals surface area contributed by atoms with Crippen molar-refractivity contribution in [2.24, 2.45) is 0 Å². The minimum absolute atomic E-state index is 0.0251. The SMILES string of the molecule is O=C(O)CN1CC(c2cccs2)SCC(NC(CCc2ccccc2)C(=O)OCc2ccccc2)C1=O. The Balaban J connectivity index is 1.49. The van der Waals surface area contributed by atoms with Crippen molar-refractivity contribution in [3.8, 4) is 0 Å². The Morgan fingerprint density at radius 2 is 1.73 bits per heavy atom. The molecule has 3 unspecified atom stereocenters. The fourth-order valence-electron chi connectivity index (χ4n) is 4.22. The number of thiophene rings is 1. The lowest BCUT2D eigenvalue weighted by Gasteiger charge is -2.27. The second-order valence-electron chi connectivity index (χ2n) is 8.84. The molecule has 2 N–H and O–H groups in total. The molecule has 0 bridgehead atoms. The standard InChI is InChI=1S/C28H30N2O5S2/c31-26(32)17-30-16-25(24-12-7-15-36-24)37-19-23(27(30)33)29-22(14-13-20-8-3-1-4-9-20)28(34)35-18-21-10-5-2-6-11-21/h1-12,15,22-23,25,29H,13-14,16-19H2,(H,31,32). The summed E-state index contributed by atoms with van der Waals surface area (Å²) in [7, 11) is 0. The minimum Gasteiger partial charge on any atom is -0.480 e. The van der Waals surface area contributed by atoms with Crippen molar-refractivity contribution in [2.45, 2.75) is 36.8 Å². The van der Waals surface area contributed by atoms with Crippen molar-refractivity contribution in [3.63, 3.8) is 0 Å². The molecule has 0 radical (unpaired) electrons. The summed E-state index contributed by atoms with van der Waals surface area (Å²) in [5.74, 6) is -1.38. The van der Waals surface area contributed by atoms with Gasteiger partial charge in [0.2, 0.25) is 5.91 Å². The Kier molecular flexibility index (Phi) is 9.76. The van der Waals surface area contributed by atoms with Gasteiger partial charge in [0.25, 0.3) is 0 Å². The van der Waals surface area contributed by atoms with Crippen molar-refractivity contribution in [3.05, 3.63) is 94.2 Å². The average Bonchev–Trinajstić information content (AvgIpc) is 3.41. The number of carbonyl (C=O) groups is 3. The molecule has 4 rings (SSSR count). The zero-order valence-corrected chi connectivity index (χ0v) is 22.0. The van der Waals surface area contributed by atoms with E-state index in [-0.39, 0.29) is 24.3 Å². The number of hydrogen-bond donors (Lipinski definition) is 2. The number of carbonyl (C=O) groups excluding carboxylic acids is 2. The molecule has 0 saturated carbocycles. The zero-order valence-electron chi connectivity index (χ0n) is 20.3. The molecule has 194 valence electrons. The van der Waals surface area contributed by atoms with Crippen LogP contribution in [0.3, 0.4) is 0 Å². The van der Waals surface area contributed by atoms with Crippen LogP contribution in [-0.2, 0) is 32.1 Å². The highest BCUT2D eigenvalue weighted by atomic mass is 32.2. The number of hydrogen-bond acceptors (Lipinski definition) is 7. The van der Waals surface area contributed by atoms with Crippen LogP contribution in [0.4, 0.5) is 0 Å². The molecule has 1 aliphatic rings. The summed E-state index contributed by atoms with van der Waals surface area (Å²) in [6.45, 7) is 0.0658. The van der Waals surface area contributed by atoms with Crippen LogP contribution in [0.15, 0.2) is 78.2 Å². The van der Waals surface area contributed by atoms with E-state index in [2.05, 4.69) is 5.32 Å². The summed E-state index contributed by atoms with van der Waals surface area (Å²) >= 11 is 3.19. The topological polar surface area (TPSA) is 95.9 Å². The monoisotopic (exact) mass is 538 g/mol. The van der Waals surface area contributed by atoms with Gasteiger partial charge in [0.05, 0.1) is 11.3 Å². The molecular formula is C28H30N2O5S2. The van der Waals surface area contributed by atoms with E-state index in [1.165, 1.54) is 4.90 Å². The van der Waals surface area contributed by atoms with Crippen LogP contribution in [0.5, 0.6) is 0 Å². The van der Waals surface area contributed by atoms with Gasteiger partial charge in [0, 0.05) is 17.2 Å². The first-order valence-electron chi connectivity index (χ1n) is 12.2. The fourth-order valence-corrected chi connectivity index (χ4v) is 6.48. The second kappa shape index (κ2) is 13.4. The lowest BCUT2D eigenvalue weighted by atomic mass is 10.0. The summed E-state index contributed by atoms with van der Waals surface area (Å²) in [4.78, 5) is 40.7. The van der Waals surface area contributed by atoms with Gasteiger partial charge in [-0.3, -0.25) is 19.7 Å². The number of amides is 1. The van der Waals surface area contributed by atoms with Crippen molar-refractivity contribution in [1.29, 1.82) is 0 Å². The molecule has 37 heavy (non-hydrogen) atoms. The maximum absolute atomic E-state index is 13.4. The van der Waals surface area contributed by atoms with Gasteiger partial charge >= 0.3 is 11.9 Å². The molecule has 1 fully saturated rings. The number of aryl methyl sites for hydroxylation is 1. The number of ether oxygens (including phenoxy) is 1. The quantitative estimate of drug-likeness (QED) is 0.354. The number of carboxylic acids is 1. The first kappa shape index (κ1) is 26.9. The van der Waals surface area contributed by atoms with Gasteiger partial charge in [-0.05, 0) is 35.4 Å². The third kappa shape index (κ3) is 7.92. The smallest absolute Gasteiger partial charge is 0.323 e. The van der Waals surface area contributed by atoms with E-state index in [1.54, 1.807) is 23.1 Å². The average molecular weight is 539 g/mol.